The Balaban J connectivity index is 0.000000318. The molecular formula is C20H21ClF3N3O3. The molecule has 2 fully saturated rings. The largest absolute Gasteiger partial charge is 0.490 e. The Morgan fingerprint density at radius 3 is 2.73 bits per heavy atom. The number of aliphatic carboxylic acids is 1. The third-order valence-electron chi connectivity index (χ3n) is 5.11. The Morgan fingerprint density at radius 2 is 2.10 bits per heavy atom. The molecule has 6 nitrogen and oxygen atoms in total. The minimum absolute atomic E-state index is 0.124. The Bertz CT molecular complexity index is 854. The maximum atomic E-state index is 10.6. The molecule has 2 aromatic rings. The molecule has 0 saturated carbocycles. The molecule has 4 rings (SSSR count). The highest BCUT2D eigenvalue weighted by Gasteiger charge is 2.40. The molecule has 0 bridgehead atoms. The number of rotatable bonds is 3. The number of fused-ring (bicyclic) bond motifs is 1. The normalized spacial score (nSPS) is 23.9. The number of alkyl halides is 3. The minimum Gasteiger partial charge on any atom is -0.475 e. The predicted molar refractivity (Wildman–Crippen MR) is 103 cm³/mol. The van der Waals surface area contributed by atoms with Crippen LogP contribution in [0.4, 0.5) is 13.2 Å². The molecule has 3 atom stereocenters. The van der Waals surface area contributed by atoms with Gasteiger partial charge in [0.25, 0.3) is 0 Å². The first kappa shape index (κ1) is 22.5. The van der Waals surface area contributed by atoms with Gasteiger partial charge < -0.3 is 9.84 Å². The summed E-state index contributed by atoms with van der Waals surface area (Å²) in [5.41, 5.74) is 2.28. The van der Waals surface area contributed by atoms with Gasteiger partial charge in [0.2, 0.25) is 0 Å². The van der Waals surface area contributed by atoms with Gasteiger partial charge in [-0.2, -0.15) is 13.2 Å². The lowest BCUT2D eigenvalue weighted by Gasteiger charge is -2.34. The van der Waals surface area contributed by atoms with Crippen molar-refractivity contribution in [2.24, 2.45) is 5.92 Å². The zero-order valence-corrected chi connectivity index (χ0v) is 16.7. The number of halogens is 4. The third kappa shape index (κ3) is 6.13. The molecule has 30 heavy (non-hydrogen) atoms. The van der Waals surface area contributed by atoms with Gasteiger partial charge in [0.15, 0.2) is 0 Å². The molecule has 0 aliphatic carbocycles. The highest BCUT2D eigenvalue weighted by atomic mass is 35.5. The molecular weight excluding hydrogens is 423 g/mol. The van der Waals surface area contributed by atoms with Crippen LogP contribution in [0.3, 0.4) is 0 Å². The molecule has 1 N–H and O–H groups in total. The van der Waals surface area contributed by atoms with E-state index in [2.05, 4.69) is 20.9 Å². The van der Waals surface area contributed by atoms with Crippen molar-refractivity contribution in [3.05, 3.63) is 59.1 Å². The molecule has 10 heteroatoms. The molecule has 0 spiro atoms. The van der Waals surface area contributed by atoms with Crippen LogP contribution in [0.25, 0.3) is 0 Å². The van der Waals surface area contributed by atoms with Gasteiger partial charge in [-0.15, -0.1) is 0 Å². The van der Waals surface area contributed by atoms with Crippen LogP contribution >= 0.6 is 11.6 Å². The summed E-state index contributed by atoms with van der Waals surface area (Å²) in [7, 11) is 0. The Hall–Kier alpha value is -2.23. The van der Waals surface area contributed by atoms with Crippen molar-refractivity contribution < 1.29 is 27.8 Å². The van der Waals surface area contributed by atoms with Gasteiger partial charge in [-0.05, 0) is 49.1 Å². The molecule has 2 saturated heterocycles. The summed E-state index contributed by atoms with van der Waals surface area (Å²) in [4.78, 5) is 19.7. The number of carboxylic acids is 1. The van der Waals surface area contributed by atoms with Crippen LogP contribution in [0.2, 0.25) is 5.02 Å². The van der Waals surface area contributed by atoms with Gasteiger partial charge >= 0.3 is 12.1 Å². The van der Waals surface area contributed by atoms with Gasteiger partial charge in [0.1, 0.15) is 12.4 Å². The summed E-state index contributed by atoms with van der Waals surface area (Å²) in [6.07, 6.45) is 1.01. The second-order valence-corrected chi connectivity index (χ2v) is 7.69. The highest BCUT2D eigenvalue weighted by Crippen LogP contribution is 2.40. The lowest BCUT2D eigenvalue weighted by Crippen LogP contribution is -2.41. The van der Waals surface area contributed by atoms with Gasteiger partial charge in [-0.3, -0.25) is 4.90 Å². The maximum absolute atomic E-state index is 10.6. The minimum atomic E-state index is -5.08. The molecule has 0 radical (unpaired) electrons. The molecule has 0 amide bonds. The average Bonchev–Trinajstić information content (AvgIpc) is 3.12. The van der Waals surface area contributed by atoms with Crippen LogP contribution in [0.1, 0.15) is 30.2 Å². The highest BCUT2D eigenvalue weighted by molar-refractivity contribution is 6.30. The number of nitrogens with zero attached hydrogens (tertiary/aromatic N) is 3. The van der Waals surface area contributed by atoms with E-state index in [1.54, 1.807) is 12.5 Å². The van der Waals surface area contributed by atoms with Crippen molar-refractivity contribution in [3.8, 4) is 0 Å². The van der Waals surface area contributed by atoms with Crippen LogP contribution in [0.5, 0.6) is 0 Å². The van der Waals surface area contributed by atoms with E-state index >= 15 is 0 Å². The number of likely N-dealkylation sites (tertiary alicyclic amines) is 1. The second kappa shape index (κ2) is 9.72. The van der Waals surface area contributed by atoms with E-state index in [1.807, 2.05) is 24.3 Å². The lowest BCUT2D eigenvalue weighted by atomic mass is 9.91. The fraction of sp³-hybridized carbons (Fsp3) is 0.450. The summed E-state index contributed by atoms with van der Waals surface area (Å²) in [6.45, 7) is 3.04. The average molecular weight is 444 g/mol. The summed E-state index contributed by atoms with van der Waals surface area (Å²) < 4.78 is 38.0. The lowest BCUT2D eigenvalue weighted by molar-refractivity contribution is -0.192. The summed E-state index contributed by atoms with van der Waals surface area (Å²) in [5.74, 6) is -2.11. The van der Waals surface area contributed by atoms with Crippen molar-refractivity contribution in [3.63, 3.8) is 0 Å². The molecule has 162 valence electrons. The van der Waals surface area contributed by atoms with Crippen LogP contribution in [0, 0.1) is 5.92 Å². The van der Waals surface area contributed by atoms with Crippen molar-refractivity contribution in [2.45, 2.75) is 37.8 Å². The van der Waals surface area contributed by atoms with Gasteiger partial charge in [-0.25, -0.2) is 14.8 Å². The first-order chi connectivity index (χ1) is 14.2. The smallest absolute Gasteiger partial charge is 0.475 e. The van der Waals surface area contributed by atoms with Crippen LogP contribution in [0.15, 0.2) is 42.9 Å². The van der Waals surface area contributed by atoms with Crippen LogP contribution < -0.4 is 0 Å². The standard InChI is InChI=1S/C18H20ClN3O.C2HF3O2/c19-15-3-1-2-13(8-15)10-22-7-5-14-9-17(23-18(14)11-22)16-4-6-20-12-21-16;3-2(4,5)1(6)7/h1-4,6,8,12,14,17-18H,5,7,9-11H2;(H,6,7)/t14-,17+,18+;/m0./s1. The zero-order valence-electron chi connectivity index (χ0n) is 15.9. The topological polar surface area (TPSA) is 75.5 Å². The Morgan fingerprint density at radius 1 is 1.33 bits per heavy atom. The number of carbonyl (C=O) groups is 1. The summed E-state index contributed by atoms with van der Waals surface area (Å²) >= 11 is 6.08. The Labute approximate surface area is 176 Å². The van der Waals surface area contributed by atoms with E-state index in [9.17, 15) is 13.2 Å². The monoisotopic (exact) mass is 443 g/mol. The molecule has 1 aromatic heterocycles. The molecule has 2 aliphatic rings. The fourth-order valence-electron chi connectivity index (χ4n) is 3.71. The van der Waals surface area contributed by atoms with Gasteiger partial charge in [-0.1, -0.05) is 23.7 Å². The van der Waals surface area contributed by atoms with E-state index < -0.39 is 12.1 Å². The molecule has 3 heterocycles. The van der Waals surface area contributed by atoms with Gasteiger partial charge in [0, 0.05) is 24.3 Å². The van der Waals surface area contributed by atoms with E-state index in [0.29, 0.717) is 12.0 Å². The predicted octanol–water partition coefficient (Wildman–Crippen LogP) is 4.12. The number of piperidine rings is 1. The Kier molecular flexibility index (Phi) is 7.27. The SMILES string of the molecule is Clc1cccc(CN2CC[C@H]3C[C@H](c4ccncn4)O[C@@H]3C2)c1.O=C(O)C(F)(F)F. The first-order valence-corrected chi connectivity index (χ1v) is 9.78. The van der Waals surface area contributed by atoms with Crippen LogP contribution in [-0.2, 0) is 16.1 Å². The van der Waals surface area contributed by atoms with Crippen molar-refractivity contribution in [1.82, 2.24) is 14.9 Å². The van der Waals surface area contributed by atoms with Crippen molar-refractivity contribution >= 4 is 17.6 Å². The van der Waals surface area contributed by atoms with E-state index in [-0.39, 0.29) is 6.10 Å². The molecule has 1 aromatic carbocycles. The number of ether oxygens (including phenoxy) is 1. The van der Waals surface area contributed by atoms with E-state index in [0.717, 1.165) is 36.8 Å². The number of aromatic nitrogens is 2. The van der Waals surface area contributed by atoms with Crippen molar-refractivity contribution in [2.75, 3.05) is 13.1 Å². The zero-order chi connectivity index (χ0) is 21.7. The van der Waals surface area contributed by atoms with E-state index in [4.69, 9.17) is 26.2 Å². The quantitative estimate of drug-likeness (QED) is 0.769. The van der Waals surface area contributed by atoms with Crippen molar-refractivity contribution in [1.29, 1.82) is 0 Å². The number of hydrogen-bond donors (Lipinski definition) is 1. The summed E-state index contributed by atoms with van der Waals surface area (Å²) in [5, 5.41) is 7.93. The number of benzene rings is 1. The third-order valence-corrected chi connectivity index (χ3v) is 5.34. The van der Waals surface area contributed by atoms with Crippen LogP contribution in [-0.4, -0.2) is 51.3 Å². The summed E-state index contributed by atoms with van der Waals surface area (Å²) in [6, 6.07) is 10.1. The fourth-order valence-corrected chi connectivity index (χ4v) is 3.93. The molecule has 2 aliphatic heterocycles. The first-order valence-electron chi connectivity index (χ1n) is 9.40. The number of hydrogen-bond acceptors (Lipinski definition) is 5. The van der Waals surface area contributed by atoms with E-state index in [1.165, 1.54) is 12.0 Å². The molecule has 0 unspecified atom stereocenters. The maximum Gasteiger partial charge on any atom is 0.490 e. The second-order valence-electron chi connectivity index (χ2n) is 7.25. The van der Waals surface area contributed by atoms with Gasteiger partial charge in [0.05, 0.1) is 11.8 Å². The number of carboxylic acid groups (broad SMARTS) is 1.